The molecule has 0 aromatic heterocycles. The number of amides is 2. The highest BCUT2D eigenvalue weighted by Crippen LogP contribution is 2.40. The van der Waals surface area contributed by atoms with Crippen LogP contribution in [0.5, 0.6) is 5.75 Å². The van der Waals surface area contributed by atoms with E-state index in [0.29, 0.717) is 66.7 Å². The van der Waals surface area contributed by atoms with Crippen LogP contribution in [0.4, 0.5) is 15.8 Å². The molecule has 2 unspecified atom stereocenters. The van der Waals surface area contributed by atoms with Gasteiger partial charge in [0, 0.05) is 37.0 Å². The van der Waals surface area contributed by atoms with Crippen molar-refractivity contribution >= 4 is 56.4 Å². The molecule has 2 heterocycles. The smallest absolute Gasteiger partial charge is 0.265 e. The Morgan fingerprint density at radius 2 is 1.73 bits per heavy atom. The van der Waals surface area contributed by atoms with E-state index in [9.17, 15) is 18.0 Å². The van der Waals surface area contributed by atoms with Gasteiger partial charge in [-0.1, -0.05) is 47.5 Å². The number of anilines is 2. The summed E-state index contributed by atoms with van der Waals surface area (Å²) in [6.45, 7) is 4.09. The van der Waals surface area contributed by atoms with E-state index in [0.717, 1.165) is 6.26 Å². The predicted molar refractivity (Wildman–Crippen MR) is 167 cm³/mol. The van der Waals surface area contributed by atoms with Crippen LogP contribution in [0.15, 0.2) is 54.6 Å². The van der Waals surface area contributed by atoms with E-state index in [2.05, 4.69) is 14.9 Å². The summed E-state index contributed by atoms with van der Waals surface area (Å²) in [5.74, 6) is -1.05. The van der Waals surface area contributed by atoms with Crippen molar-refractivity contribution in [2.24, 2.45) is 0 Å². The molecule has 0 aliphatic carbocycles. The summed E-state index contributed by atoms with van der Waals surface area (Å²) in [6, 6.07) is 12.5. The molecular formula is C30H31Cl2FN4O6S. The van der Waals surface area contributed by atoms with Gasteiger partial charge in [-0.05, 0) is 42.3 Å². The van der Waals surface area contributed by atoms with Crippen molar-refractivity contribution in [1.29, 1.82) is 0 Å². The number of fused-ring (bicyclic) bond motifs is 1. The summed E-state index contributed by atoms with van der Waals surface area (Å²) in [5.41, 5.74) is 2.10. The second kappa shape index (κ2) is 13.3. The van der Waals surface area contributed by atoms with E-state index in [1.807, 2.05) is 0 Å². The highest BCUT2D eigenvalue weighted by Gasteiger charge is 2.35. The highest BCUT2D eigenvalue weighted by molar-refractivity contribution is 7.92. The Labute approximate surface area is 265 Å². The molecule has 14 heteroatoms. The van der Waals surface area contributed by atoms with E-state index in [-0.39, 0.29) is 16.7 Å². The van der Waals surface area contributed by atoms with Gasteiger partial charge in [0.05, 0.1) is 41.2 Å². The Morgan fingerprint density at radius 3 is 2.39 bits per heavy atom. The lowest BCUT2D eigenvalue weighted by Crippen LogP contribution is -2.53. The van der Waals surface area contributed by atoms with Crippen LogP contribution in [0.25, 0.3) is 11.1 Å². The molecule has 2 N–H and O–H groups in total. The standard InChI is InChI=1S/C30H31Cl2FN4O6S/c1-18(37-27-14-23(31)24(32)15-28(27)43-17-29(37)38)30(39)34-26(16-36-9-11-42-12-10-36)20-5-8-22(25(33)13-20)19-3-6-21(7-4-19)35-44(2,40)41/h3-8,13-15,18,26,35H,9-12,16-17H2,1-2H3,(H,34,39). The van der Waals surface area contributed by atoms with Crippen LogP contribution >= 0.6 is 23.2 Å². The van der Waals surface area contributed by atoms with Crippen LogP contribution in [-0.2, 0) is 24.3 Å². The van der Waals surface area contributed by atoms with E-state index >= 15 is 4.39 Å². The second-order valence-corrected chi connectivity index (χ2v) is 13.2. The molecule has 44 heavy (non-hydrogen) atoms. The first-order valence-electron chi connectivity index (χ1n) is 13.8. The van der Waals surface area contributed by atoms with E-state index in [1.54, 1.807) is 43.3 Å². The van der Waals surface area contributed by atoms with Gasteiger partial charge in [0.15, 0.2) is 6.61 Å². The first-order chi connectivity index (χ1) is 20.9. The number of hydrogen-bond donors (Lipinski definition) is 2. The third kappa shape index (κ3) is 7.44. The third-order valence-corrected chi connectivity index (χ3v) is 8.73. The lowest BCUT2D eigenvalue weighted by Gasteiger charge is -2.35. The number of carbonyl (C=O) groups excluding carboxylic acids is 2. The number of morpholine rings is 1. The number of halogens is 3. The molecule has 0 saturated carbocycles. The van der Waals surface area contributed by atoms with Gasteiger partial charge in [0.2, 0.25) is 15.9 Å². The van der Waals surface area contributed by atoms with Crippen LogP contribution in [0.2, 0.25) is 10.0 Å². The van der Waals surface area contributed by atoms with E-state index in [4.69, 9.17) is 32.7 Å². The summed E-state index contributed by atoms with van der Waals surface area (Å²) in [5, 5.41) is 3.49. The molecule has 234 valence electrons. The Bertz CT molecular complexity index is 1670. The number of hydrogen-bond acceptors (Lipinski definition) is 7. The van der Waals surface area contributed by atoms with Crippen LogP contribution in [0, 0.1) is 5.82 Å². The maximum absolute atomic E-state index is 15.6. The molecule has 1 saturated heterocycles. The maximum atomic E-state index is 15.6. The van der Waals surface area contributed by atoms with Crippen molar-refractivity contribution in [2.45, 2.75) is 19.0 Å². The number of carbonyl (C=O) groups is 2. The first-order valence-corrected chi connectivity index (χ1v) is 16.5. The molecule has 0 radical (unpaired) electrons. The van der Waals surface area contributed by atoms with Gasteiger partial charge in [-0.25, -0.2) is 12.8 Å². The average Bonchev–Trinajstić information content (AvgIpc) is 2.97. The van der Waals surface area contributed by atoms with Gasteiger partial charge in [0.25, 0.3) is 5.91 Å². The zero-order chi connectivity index (χ0) is 31.6. The molecule has 3 aromatic carbocycles. The summed E-state index contributed by atoms with van der Waals surface area (Å²) < 4.78 is 52.0. The van der Waals surface area contributed by atoms with Crippen molar-refractivity contribution in [1.82, 2.24) is 10.2 Å². The Morgan fingerprint density at radius 1 is 1.05 bits per heavy atom. The van der Waals surface area contributed by atoms with Crippen molar-refractivity contribution in [3.05, 3.63) is 76.0 Å². The van der Waals surface area contributed by atoms with Gasteiger partial charge in [-0.15, -0.1) is 0 Å². The number of sulfonamides is 1. The monoisotopic (exact) mass is 664 g/mol. The summed E-state index contributed by atoms with van der Waals surface area (Å²) >= 11 is 12.3. The maximum Gasteiger partial charge on any atom is 0.265 e. The lowest BCUT2D eigenvalue weighted by atomic mass is 9.99. The molecule has 2 aliphatic heterocycles. The van der Waals surface area contributed by atoms with Gasteiger partial charge < -0.3 is 14.8 Å². The van der Waals surface area contributed by atoms with Gasteiger partial charge in [0.1, 0.15) is 17.6 Å². The topological polar surface area (TPSA) is 117 Å². The van der Waals surface area contributed by atoms with E-state index in [1.165, 1.54) is 23.1 Å². The molecule has 2 aliphatic rings. The number of rotatable bonds is 9. The number of ether oxygens (including phenoxy) is 2. The Kier molecular flexibility index (Phi) is 9.66. The molecule has 3 aromatic rings. The summed E-state index contributed by atoms with van der Waals surface area (Å²) in [6.07, 6.45) is 1.05. The van der Waals surface area contributed by atoms with Crippen molar-refractivity contribution in [3.8, 4) is 16.9 Å². The van der Waals surface area contributed by atoms with Crippen LogP contribution in [0.3, 0.4) is 0 Å². The molecule has 2 atom stereocenters. The Balaban J connectivity index is 1.40. The average molecular weight is 666 g/mol. The van der Waals surface area contributed by atoms with E-state index < -0.39 is 39.7 Å². The SMILES string of the molecule is CC(C(=O)NC(CN1CCOCC1)c1ccc(-c2ccc(NS(C)(=O)=O)cc2)c(F)c1)N1C(=O)COc2cc(Cl)c(Cl)cc21. The fourth-order valence-corrected chi connectivity index (χ4v) is 6.07. The summed E-state index contributed by atoms with van der Waals surface area (Å²) in [7, 11) is -3.44. The van der Waals surface area contributed by atoms with Gasteiger partial charge >= 0.3 is 0 Å². The highest BCUT2D eigenvalue weighted by atomic mass is 35.5. The molecule has 5 rings (SSSR count). The normalized spacial score (nSPS) is 16.9. The zero-order valence-electron chi connectivity index (χ0n) is 24.0. The quantitative estimate of drug-likeness (QED) is 0.347. The molecule has 1 fully saturated rings. The molecule has 0 spiro atoms. The lowest BCUT2D eigenvalue weighted by molar-refractivity contribution is -0.128. The van der Waals surface area contributed by atoms with Crippen LogP contribution < -0.4 is 19.7 Å². The molecular weight excluding hydrogens is 634 g/mol. The minimum atomic E-state index is -3.44. The second-order valence-electron chi connectivity index (χ2n) is 10.6. The van der Waals surface area contributed by atoms with Crippen LogP contribution in [0.1, 0.15) is 18.5 Å². The van der Waals surface area contributed by atoms with Gasteiger partial charge in [-0.2, -0.15) is 0 Å². The molecule has 10 nitrogen and oxygen atoms in total. The molecule has 0 bridgehead atoms. The number of benzene rings is 3. The molecule has 2 amide bonds. The Hall–Kier alpha value is -3.42. The fourth-order valence-electron chi connectivity index (χ4n) is 5.19. The van der Waals surface area contributed by atoms with Crippen molar-refractivity contribution in [2.75, 3.05) is 55.3 Å². The zero-order valence-corrected chi connectivity index (χ0v) is 26.3. The third-order valence-electron chi connectivity index (χ3n) is 7.40. The van der Waals surface area contributed by atoms with Crippen molar-refractivity contribution < 1.29 is 31.9 Å². The largest absolute Gasteiger partial charge is 0.482 e. The first kappa shape index (κ1) is 32.0. The van der Waals surface area contributed by atoms with Crippen LogP contribution in [-0.4, -0.2) is 76.9 Å². The van der Waals surface area contributed by atoms with Crippen molar-refractivity contribution in [3.63, 3.8) is 0 Å². The summed E-state index contributed by atoms with van der Waals surface area (Å²) in [4.78, 5) is 30.1. The van der Waals surface area contributed by atoms with Gasteiger partial charge in [-0.3, -0.25) is 24.1 Å². The number of nitrogens with zero attached hydrogens (tertiary/aromatic N) is 2. The predicted octanol–water partition coefficient (Wildman–Crippen LogP) is 4.47. The number of nitrogens with one attached hydrogen (secondary N) is 2. The fraction of sp³-hybridized carbons (Fsp3) is 0.333. The minimum absolute atomic E-state index is 0.211. The minimum Gasteiger partial charge on any atom is -0.482 e.